The first kappa shape index (κ1) is 14.7. The van der Waals surface area contributed by atoms with E-state index in [0.717, 1.165) is 40.6 Å². The summed E-state index contributed by atoms with van der Waals surface area (Å²) in [5, 5.41) is 6.49. The number of rotatable bonds is 5. The summed E-state index contributed by atoms with van der Waals surface area (Å²) in [7, 11) is 0. The van der Waals surface area contributed by atoms with Gasteiger partial charge in [0.25, 0.3) is 0 Å². The van der Waals surface area contributed by atoms with E-state index in [1.807, 2.05) is 30.3 Å². The van der Waals surface area contributed by atoms with Crippen LogP contribution in [0.2, 0.25) is 0 Å². The standard InChI is InChI=1S/C18H15N5S/c1-2-4-13(5-3-1)18-22-14(12-24-18)8-9-20-16-7-6-15-17(23-16)21-11-10-19-15/h1-7,10-12H,8-9H2,(H,20,21,23). The second-order valence-corrected chi connectivity index (χ2v) is 6.14. The molecule has 5 nitrogen and oxygen atoms in total. The van der Waals surface area contributed by atoms with Crippen LogP contribution in [0.4, 0.5) is 5.82 Å². The van der Waals surface area contributed by atoms with Crippen molar-refractivity contribution in [3.63, 3.8) is 0 Å². The predicted molar refractivity (Wildman–Crippen MR) is 97.1 cm³/mol. The number of benzene rings is 1. The van der Waals surface area contributed by atoms with E-state index < -0.39 is 0 Å². The largest absolute Gasteiger partial charge is 0.370 e. The summed E-state index contributed by atoms with van der Waals surface area (Å²) < 4.78 is 0. The number of anilines is 1. The minimum absolute atomic E-state index is 0.655. The first-order valence-electron chi connectivity index (χ1n) is 7.70. The minimum atomic E-state index is 0.655. The molecular formula is C18H15N5S. The molecule has 4 rings (SSSR count). The van der Waals surface area contributed by atoms with Crippen molar-refractivity contribution in [2.24, 2.45) is 0 Å². The van der Waals surface area contributed by atoms with Crippen molar-refractivity contribution in [1.29, 1.82) is 0 Å². The van der Waals surface area contributed by atoms with Crippen molar-refractivity contribution in [3.8, 4) is 10.6 Å². The van der Waals surface area contributed by atoms with E-state index in [-0.39, 0.29) is 0 Å². The first-order valence-corrected chi connectivity index (χ1v) is 8.58. The Bertz CT molecular complexity index is 952. The molecule has 1 N–H and O–H groups in total. The number of aromatic nitrogens is 4. The van der Waals surface area contributed by atoms with E-state index in [1.165, 1.54) is 0 Å². The number of nitrogens with one attached hydrogen (secondary N) is 1. The number of nitrogens with zero attached hydrogens (tertiary/aromatic N) is 4. The molecule has 0 bridgehead atoms. The molecule has 1 aromatic carbocycles. The third-order valence-corrected chi connectivity index (χ3v) is 4.53. The molecule has 0 spiro atoms. The number of pyridine rings is 1. The second-order valence-electron chi connectivity index (χ2n) is 5.28. The van der Waals surface area contributed by atoms with E-state index in [9.17, 15) is 0 Å². The van der Waals surface area contributed by atoms with Gasteiger partial charge < -0.3 is 5.32 Å². The van der Waals surface area contributed by atoms with E-state index in [4.69, 9.17) is 4.98 Å². The van der Waals surface area contributed by atoms with Crippen LogP contribution in [0.25, 0.3) is 21.7 Å². The van der Waals surface area contributed by atoms with Crippen LogP contribution in [0.1, 0.15) is 5.69 Å². The highest BCUT2D eigenvalue weighted by Gasteiger charge is 2.05. The third-order valence-electron chi connectivity index (χ3n) is 3.59. The van der Waals surface area contributed by atoms with Crippen LogP contribution < -0.4 is 5.32 Å². The van der Waals surface area contributed by atoms with Gasteiger partial charge in [-0.15, -0.1) is 11.3 Å². The molecule has 3 aromatic heterocycles. The van der Waals surface area contributed by atoms with Crippen molar-refractivity contribution >= 4 is 28.3 Å². The molecule has 0 saturated carbocycles. The molecule has 0 aliphatic carbocycles. The number of hydrogen-bond acceptors (Lipinski definition) is 6. The fraction of sp³-hybridized carbons (Fsp3) is 0.111. The molecule has 0 atom stereocenters. The van der Waals surface area contributed by atoms with Gasteiger partial charge in [0.2, 0.25) is 0 Å². The third kappa shape index (κ3) is 3.23. The highest BCUT2D eigenvalue weighted by Crippen LogP contribution is 2.23. The van der Waals surface area contributed by atoms with Crippen LogP contribution in [-0.4, -0.2) is 26.5 Å². The van der Waals surface area contributed by atoms with Crippen molar-refractivity contribution < 1.29 is 0 Å². The lowest BCUT2D eigenvalue weighted by molar-refractivity contribution is 0.970. The predicted octanol–water partition coefficient (Wildman–Crippen LogP) is 3.80. The SMILES string of the molecule is c1ccc(-c2nc(CCNc3ccc4nccnc4n3)cs2)cc1. The molecular weight excluding hydrogens is 318 g/mol. The summed E-state index contributed by atoms with van der Waals surface area (Å²) in [4.78, 5) is 17.6. The number of hydrogen-bond donors (Lipinski definition) is 1. The Balaban J connectivity index is 1.39. The van der Waals surface area contributed by atoms with Crippen LogP contribution >= 0.6 is 11.3 Å². The van der Waals surface area contributed by atoms with Gasteiger partial charge in [0.05, 0.1) is 5.69 Å². The van der Waals surface area contributed by atoms with Crippen LogP contribution in [-0.2, 0) is 6.42 Å². The van der Waals surface area contributed by atoms with E-state index in [1.54, 1.807) is 23.7 Å². The molecule has 0 amide bonds. The lowest BCUT2D eigenvalue weighted by Gasteiger charge is -2.04. The zero-order valence-corrected chi connectivity index (χ0v) is 13.7. The van der Waals surface area contributed by atoms with Gasteiger partial charge in [-0.25, -0.2) is 15.0 Å². The van der Waals surface area contributed by atoms with Crippen LogP contribution in [0.5, 0.6) is 0 Å². The maximum atomic E-state index is 4.70. The Kier molecular flexibility index (Phi) is 4.12. The summed E-state index contributed by atoms with van der Waals surface area (Å²) in [5.41, 5.74) is 3.71. The van der Waals surface area contributed by atoms with Gasteiger partial charge in [-0.05, 0) is 12.1 Å². The molecule has 3 heterocycles. The average Bonchev–Trinajstić information content (AvgIpc) is 3.11. The maximum absolute atomic E-state index is 4.70. The summed E-state index contributed by atoms with van der Waals surface area (Å²) in [6.07, 6.45) is 4.17. The Morgan fingerprint density at radius 1 is 0.917 bits per heavy atom. The molecule has 6 heteroatoms. The maximum Gasteiger partial charge on any atom is 0.180 e. The molecule has 118 valence electrons. The average molecular weight is 333 g/mol. The smallest absolute Gasteiger partial charge is 0.180 e. The zero-order valence-electron chi connectivity index (χ0n) is 12.9. The first-order chi connectivity index (χ1) is 11.9. The Morgan fingerprint density at radius 2 is 1.79 bits per heavy atom. The van der Waals surface area contributed by atoms with Crippen molar-refractivity contribution in [2.45, 2.75) is 6.42 Å². The van der Waals surface area contributed by atoms with Gasteiger partial charge in [-0.3, -0.25) is 4.98 Å². The lowest BCUT2D eigenvalue weighted by Crippen LogP contribution is -2.06. The molecule has 0 aliphatic rings. The van der Waals surface area contributed by atoms with Gasteiger partial charge in [0, 0.05) is 36.3 Å². The monoisotopic (exact) mass is 333 g/mol. The highest BCUT2D eigenvalue weighted by atomic mass is 32.1. The topological polar surface area (TPSA) is 63.6 Å². The van der Waals surface area contributed by atoms with Crippen molar-refractivity contribution in [3.05, 3.63) is 65.9 Å². The van der Waals surface area contributed by atoms with Gasteiger partial charge in [-0.1, -0.05) is 30.3 Å². The van der Waals surface area contributed by atoms with Gasteiger partial charge >= 0.3 is 0 Å². The van der Waals surface area contributed by atoms with Crippen molar-refractivity contribution in [1.82, 2.24) is 19.9 Å². The van der Waals surface area contributed by atoms with Gasteiger partial charge in [0.1, 0.15) is 16.3 Å². The Hall–Kier alpha value is -2.86. The van der Waals surface area contributed by atoms with E-state index >= 15 is 0 Å². The normalized spacial score (nSPS) is 10.8. The summed E-state index contributed by atoms with van der Waals surface area (Å²) in [6, 6.07) is 14.1. The Morgan fingerprint density at radius 3 is 2.71 bits per heavy atom. The van der Waals surface area contributed by atoms with Gasteiger partial charge in [-0.2, -0.15) is 0 Å². The lowest BCUT2D eigenvalue weighted by atomic mass is 10.2. The molecule has 0 radical (unpaired) electrons. The summed E-state index contributed by atoms with van der Waals surface area (Å²) in [5.74, 6) is 0.807. The molecule has 0 fully saturated rings. The second kappa shape index (κ2) is 6.72. The quantitative estimate of drug-likeness (QED) is 0.602. The number of fused-ring (bicyclic) bond motifs is 1. The summed E-state index contributed by atoms with van der Waals surface area (Å²) in [6.45, 7) is 0.775. The van der Waals surface area contributed by atoms with Crippen molar-refractivity contribution in [2.75, 3.05) is 11.9 Å². The fourth-order valence-corrected chi connectivity index (χ4v) is 3.27. The molecule has 24 heavy (non-hydrogen) atoms. The molecule has 4 aromatic rings. The molecule has 0 aliphatic heterocycles. The van der Waals surface area contributed by atoms with Gasteiger partial charge in [0.15, 0.2) is 5.65 Å². The van der Waals surface area contributed by atoms with E-state index in [0.29, 0.717) is 5.65 Å². The minimum Gasteiger partial charge on any atom is -0.370 e. The number of thiazole rings is 1. The Labute approximate surface area is 143 Å². The summed E-state index contributed by atoms with van der Waals surface area (Å²) >= 11 is 1.68. The highest BCUT2D eigenvalue weighted by molar-refractivity contribution is 7.13. The van der Waals surface area contributed by atoms with Crippen LogP contribution in [0, 0.1) is 0 Å². The molecule has 0 unspecified atom stereocenters. The fourth-order valence-electron chi connectivity index (χ4n) is 2.41. The molecule has 0 saturated heterocycles. The van der Waals surface area contributed by atoms with Crippen LogP contribution in [0.15, 0.2) is 60.2 Å². The van der Waals surface area contributed by atoms with Crippen LogP contribution in [0.3, 0.4) is 0 Å². The van der Waals surface area contributed by atoms with E-state index in [2.05, 4.69) is 37.8 Å². The zero-order chi connectivity index (χ0) is 16.2.